The third kappa shape index (κ3) is 2.40. The van der Waals surface area contributed by atoms with Gasteiger partial charge in [0.25, 0.3) is 5.91 Å². The molecule has 19 heavy (non-hydrogen) atoms. The van der Waals surface area contributed by atoms with E-state index in [0.29, 0.717) is 12.1 Å². The number of hydrogen-bond donors (Lipinski definition) is 0. The van der Waals surface area contributed by atoms with E-state index in [0.717, 1.165) is 24.6 Å². The summed E-state index contributed by atoms with van der Waals surface area (Å²) in [6, 6.07) is 8.94. The molecule has 3 rings (SSSR count). The second kappa shape index (κ2) is 5.35. The molecule has 2 aliphatic rings. The van der Waals surface area contributed by atoms with Crippen LogP contribution in [0.25, 0.3) is 0 Å². The number of carbonyl (C=O) groups is 2. The zero-order chi connectivity index (χ0) is 13.2. The van der Waals surface area contributed by atoms with Crippen molar-refractivity contribution in [1.29, 1.82) is 0 Å². The van der Waals surface area contributed by atoms with Crippen LogP contribution in [0.1, 0.15) is 6.42 Å². The molecule has 1 unspecified atom stereocenters. The lowest BCUT2D eigenvalue weighted by atomic mass is 10.2. The first kappa shape index (κ1) is 12.7. The monoisotopic (exact) mass is 276 g/mol. The van der Waals surface area contributed by atoms with Crippen molar-refractivity contribution in [3.63, 3.8) is 0 Å². The van der Waals surface area contributed by atoms with Crippen LogP contribution in [-0.4, -0.2) is 47.4 Å². The number of anilines is 1. The smallest absolute Gasteiger partial charge is 0.251 e. The summed E-state index contributed by atoms with van der Waals surface area (Å²) in [6.45, 7) is 1.80. The highest BCUT2D eigenvalue weighted by Gasteiger charge is 2.42. The molecule has 0 aromatic heterocycles. The van der Waals surface area contributed by atoms with Gasteiger partial charge in [0.05, 0.1) is 18.2 Å². The number of amides is 2. The molecule has 4 nitrogen and oxygen atoms in total. The molecule has 1 aromatic rings. The van der Waals surface area contributed by atoms with Crippen molar-refractivity contribution in [1.82, 2.24) is 4.90 Å². The number of imide groups is 1. The van der Waals surface area contributed by atoms with Crippen molar-refractivity contribution in [2.45, 2.75) is 12.5 Å². The first-order chi connectivity index (χ1) is 9.27. The topological polar surface area (TPSA) is 40.6 Å². The van der Waals surface area contributed by atoms with Gasteiger partial charge in [-0.1, -0.05) is 18.2 Å². The van der Waals surface area contributed by atoms with E-state index in [2.05, 4.69) is 4.90 Å². The predicted octanol–water partition coefficient (Wildman–Crippen LogP) is 1.37. The van der Waals surface area contributed by atoms with Crippen LogP contribution in [0.4, 0.5) is 5.69 Å². The molecule has 0 saturated carbocycles. The van der Waals surface area contributed by atoms with E-state index in [1.165, 1.54) is 4.90 Å². The van der Waals surface area contributed by atoms with E-state index in [9.17, 15) is 9.59 Å². The molecule has 2 saturated heterocycles. The van der Waals surface area contributed by atoms with E-state index in [4.69, 9.17) is 0 Å². The van der Waals surface area contributed by atoms with E-state index in [-0.39, 0.29) is 17.9 Å². The van der Waals surface area contributed by atoms with E-state index >= 15 is 0 Å². The second-order valence-corrected chi connectivity index (χ2v) is 6.00. The van der Waals surface area contributed by atoms with Crippen LogP contribution in [-0.2, 0) is 9.59 Å². The lowest BCUT2D eigenvalue weighted by molar-refractivity contribution is -0.122. The van der Waals surface area contributed by atoms with E-state index < -0.39 is 0 Å². The normalized spacial score (nSPS) is 25.1. The predicted molar refractivity (Wildman–Crippen MR) is 76.2 cm³/mol. The van der Waals surface area contributed by atoms with Crippen molar-refractivity contribution >= 4 is 29.3 Å². The Morgan fingerprint density at radius 3 is 2.42 bits per heavy atom. The Morgan fingerprint density at radius 1 is 1.05 bits per heavy atom. The SMILES string of the molecule is O=C1CC(N2CCSCC2)C(=O)N1c1ccccc1. The van der Waals surface area contributed by atoms with Gasteiger partial charge in [-0.25, -0.2) is 4.90 Å². The average Bonchev–Trinajstić information content (AvgIpc) is 2.76. The fourth-order valence-electron chi connectivity index (χ4n) is 2.64. The summed E-state index contributed by atoms with van der Waals surface area (Å²) < 4.78 is 0. The second-order valence-electron chi connectivity index (χ2n) is 4.77. The highest BCUT2D eigenvalue weighted by molar-refractivity contribution is 7.99. The molecule has 1 atom stereocenters. The summed E-state index contributed by atoms with van der Waals surface area (Å²) >= 11 is 1.91. The standard InChI is InChI=1S/C14H16N2O2S/c17-13-10-12(15-6-8-19-9-7-15)14(18)16(13)11-4-2-1-3-5-11/h1-5,12H,6-10H2. The van der Waals surface area contributed by atoms with Crippen molar-refractivity contribution in [2.24, 2.45) is 0 Å². The van der Waals surface area contributed by atoms with Crippen LogP contribution in [0.3, 0.4) is 0 Å². The van der Waals surface area contributed by atoms with Gasteiger partial charge in [-0.15, -0.1) is 0 Å². The molecule has 0 N–H and O–H groups in total. The highest BCUT2D eigenvalue weighted by Crippen LogP contribution is 2.26. The van der Waals surface area contributed by atoms with Gasteiger partial charge in [-0.05, 0) is 12.1 Å². The van der Waals surface area contributed by atoms with Crippen LogP contribution in [0, 0.1) is 0 Å². The first-order valence-corrected chi connectivity index (χ1v) is 7.66. The fraction of sp³-hybridized carbons (Fsp3) is 0.429. The lowest BCUT2D eigenvalue weighted by Gasteiger charge is -2.30. The van der Waals surface area contributed by atoms with Crippen LogP contribution >= 0.6 is 11.8 Å². The Balaban J connectivity index is 1.81. The Morgan fingerprint density at radius 2 is 1.74 bits per heavy atom. The van der Waals surface area contributed by atoms with Gasteiger partial charge < -0.3 is 0 Å². The Kier molecular flexibility index (Phi) is 3.57. The lowest BCUT2D eigenvalue weighted by Crippen LogP contribution is -2.45. The minimum absolute atomic E-state index is 0.0666. The summed E-state index contributed by atoms with van der Waals surface area (Å²) in [4.78, 5) is 28.1. The molecule has 0 bridgehead atoms. The van der Waals surface area contributed by atoms with Crippen molar-refractivity contribution in [3.05, 3.63) is 30.3 Å². The molecule has 2 aliphatic heterocycles. The number of benzene rings is 1. The van der Waals surface area contributed by atoms with Gasteiger partial charge >= 0.3 is 0 Å². The maximum atomic E-state index is 12.5. The minimum Gasteiger partial charge on any atom is -0.290 e. The Bertz CT molecular complexity index is 485. The molecular weight excluding hydrogens is 260 g/mol. The average molecular weight is 276 g/mol. The summed E-state index contributed by atoms with van der Waals surface area (Å²) in [5.74, 6) is 1.94. The molecule has 100 valence electrons. The van der Waals surface area contributed by atoms with Gasteiger partial charge in [-0.2, -0.15) is 11.8 Å². The maximum Gasteiger partial charge on any atom is 0.251 e. The summed E-state index contributed by atoms with van der Waals surface area (Å²) in [6.07, 6.45) is 0.318. The fourth-order valence-corrected chi connectivity index (χ4v) is 3.57. The van der Waals surface area contributed by atoms with Crippen LogP contribution in [0.2, 0.25) is 0 Å². The number of thioether (sulfide) groups is 1. The van der Waals surface area contributed by atoms with Crippen molar-refractivity contribution in [3.8, 4) is 0 Å². The van der Waals surface area contributed by atoms with E-state index in [1.807, 2.05) is 42.1 Å². The molecule has 2 heterocycles. The van der Waals surface area contributed by atoms with Gasteiger partial charge in [0, 0.05) is 24.6 Å². The quantitative estimate of drug-likeness (QED) is 0.765. The number of hydrogen-bond acceptors (Lipinski definition) is 4. The molecule has 2 fully saturated rings. The van der Waals surface area contributed by atoms with Gasteiger partial charge in [0.1, 0.15) is 0 Å². The third-order valence-electron chi connectivity index (χ3n) is 3.62. The van der Waals surface area contributed by atoms with Gasteiger partial charge in [-0.3, -0.25) is 14.5 Å². The van der Waals surface area contributed by atoms with E-state index in [1.54, 1.807) is 0 Å². The van der Waals surface area contributed by atoms with Crippen LogP contribution < -0.4 is 4.90 Å². The van der Waals surface area contributed by atoms with Gasteiger partial charge in [0.15, 0.2) is 0 Å². The van der Waals surface area contributed by atoms with Gasteiger partial charge in [0.2, 0.25) is 5.91 Å². The number of para-hydroxylation sites is 1. The Hall–Kier alpha value is -1.33. The molecular formula is C14H16N2O2S. The molecule has 1 aromatic carbocycles. The number of nitrogens with zero attached hydrogens (tertiary/aromatic N) is 2. The van der Waals surface area contributed by atoms with Crippen LogP contribution in [0.15, 0.2) is 30.3 Å². The third-order valence-corrected chi connectivity index (χ3v) is 4.57. The number of rotatable bonds is 2. The zero-order valence-electron chi connectivity index (χ0n) is 10.6. The Labute approximate surface area is 116 Å². The summed E-state index contributed by atoms with van der Waals surface area (Å²) in [5.41, 5.74) is 0.686. The minimum atomic E-state index is -0.256. The highest BCUT2D eigenvalue weighted by atomic mass is 32.2. The molecule has 5 heteroatoms. The maximum absolute atomic E-state index is 12.5. The summed E-state index contributed by atoms with van der Waals surface area (Å²) in [5, 5.41) is 0. The van der Waals surface area contributed by atoms with Crippen molar-refractivity contribution < 1.29 is 9.59 Å². The largest absolute Gasteiger partial charge is 0.290 e. The van der Waals surface area contributed by atoms with Crippen molar-refractivity contribution in [2.75, 3.05) is 29.5 Å². The molecule has 0 aliphatic carbocycles. The molecule has 2 amide bonds. The summed E-state index contributed by atoms with van der Waals surface area (Å²) in [7, 11) is 0. The number of carbonyl (C=O) groups excluding carboxylic acids is 2. The first-order valence-electron chi connectivity index (χ1n) is 6.51. The molecule has 0 radical (unpaired) electrons. The zero-order valence-corrected chi connectivity index (χ0v) is 11.4. The molecule has 0 spiro atoms. The van der Waals surface area contributed by atoms with Crippen LogP contribution in [0.5, 0.6) is 0 Å².